The molecule has 2 atom stereocenters. The van der Waals surface area contributed by atoms with E-state index in [-0.39, 0.29) is 30.7 Å². The molecule has 0 radical (unpaired) electrons. The molecule has 20 heavy (non-hydrogen) atoms. The predicted octanol–water partition coefficient (Wildman–Crippen LogP) is 1.18. The Labute approximate surface area is 134 Å². The van der Waals surface area contributed by atoms with Crippen molar-refractivity contribution in [2.75, 3.05) is 32.7 Å². The van der Waals surface area contributed by atoms with Gasteiger partial charge in [0.1, 0.15) is 0 Å². The van der Waals surface area contributed by atoms with Crippen LogP contribution in [-0.4, -0.2) is 55.7 Å². The molecule has 1 aliphatic heterocycles. The molecule has 1 amide bonds. The molecular weight excluding hydrogens is 301 g/mol. The fourth-order valence-corrected chi connectivity index (χ4v) is 2.37. The van der Waals surface area contributed by atoms with E-state index in [9.17, 15) is 4.79 Å². The van der Waals surface area contributed by atoms with Crippen molar-refractivity contribution in [3.63, 3.8) is 0 Å². The maximum absolute atomic E-state index is 11.2. The van der Waals surface area contributed by atoms with Crippen LogP contribution in [0.25, 0.3) is 0 Å². The Balaban J connectivity index is 0. The van der Waals surface area contributed by atoms with Crippen molar-refractivity contribution in [1.82, 2.24) is 10.2 Å². The molecule has 1 fully saturated rings. The lowest BCUT2D eigenvalue weighted by molar-refractivity contribution is -0.120. The van der Waals surface area contributed by atoms with Crippen LogP contribution in [0.3, 0.4) is 0 Å². The molecule has 7 heteroatoms. The number of hydrogen-bond acceptors (Lipinski definition) is 4. The first-order valence-electron chi connectivity index (χ1n) is 6.96. The summed E-state index contributed by atoms with van der Waals surface area (Å²) >= 11 is 0. The van der Waals surface area contributed by atoms with Crippen LogP contribution >= 0.6 is 24.8 Å². The van der Waals surface area contributed by atoms with Crippen LogP contribution < -0.4 is 11.1 Å². The molecule has 1 saturated heterocycles. The van der Waals surface area contributed by atoms with E-state index in [0.29, 0.717) is 25.2 Å². The average Bonchev–Trinajstić information content (AvgIpc) is 2.27. The smallest absolute Gasteiger partial charge is 0.221 e. The van der Waals surface area contributed by atoms with E-state index in [2.05, 4.69) is 24.1 Å². The Morgan fingerprint density at radius 2 is 1.85 bits per heavy atom. The van der Waals surface area contributed by atoms with Gasteiger partial charge in [0.25, 0.3) is 0 Å². The van der Waals surface area contributed by atoms with Gasteiger partial charge in [0.05, 0.1) is 12.2 Å². The Hall–Kier alpha value is -0.0700. The van der Waals surface area contributed by atoms with Crippen LogP contribution in [-0.2, 0) is 9.53 Å². The number of ether oxygens (including phenoxy) is 1. The Kier molecular flexibility index (Phi) is 14.1. The highest BCUT2D eigenvalue weighted by Crippen LogP contribution is 2.10. The molecule has 3 N–H and O–H groups in total. The number of morpholine rings is 1. The molecule has 1 heterocycles. The Morgan fingerprint density at radius 3 is 2.40 bits per heavy atom. The summed E-state index contributed by atoms with van der Waals surface area (Å²) in [6.07, 6.45) is 3.23. The normalized spacial score (nSPS) is 22.6. The van der Waals surface area contributed by atoms with E-state index in [1.165, 1.54) is 0 Å². The summed E-state index contributed by atoms with van der Waals surface area (Å²) < 4.78 is 5.69. The summed E-state index contributed by atoms with van der Waals surface area (Å²) in [5.41, 5.74) is 5.30. The van der Waals surface area contributed by atoms with Gasteiger partial charge in [-0.1, -0.05) is 0 Å². The number of nitrogens with zero attached hydrogens (tertiary/aromatic N) is 1. The zero-order valence-electron chi connectivity index (χ0n) is 12.5. The van der Waals surface area contributed by atoms with Crippen LogP contribution in [0.15, 0.2) is 0 Å². The van der Waals surface area contributed by atoms with E-state index >= 15 is 0 Å². The van der Waals surface area contributed by atoms with Crippen LogP contribution in [0, 0.1) is 0 Å². The number of carbonyl (C=O) groups is 1. The van der Waals surface area contributed by atoms with Gasteiger partial charge in [-0.05, 0) is 33.2 Å². The minimum absolute atomic E-state index is 0. The zero-order valence-corrected chi connectivity index (χ0v) is 14.1. The van der Waals surface area contributed by atoms with Gasteiger partial charge in [0.2, 0.25) is 5.91 Å². The monoisotopic (exact) mass is 329 g/mol. The fraction of sp³-hybridized carbons (Fsp3) is 0.923. The summed E-state index contributed by atoms with van der Waals surface area (Å²) in [4.78, 5) is 13.6. The van der Waals surface area contributed by atoms with Gasteiger partial charge in [-0.15, -0.1) is 24.8 Å². The lowest BCUT2D eigenvalue weighted by atomic mass is 10.2. The Bertz CT molecular complexity index is 248. The van der Waals surface area contributed by atoms with E-state index in [1.807, 2.05) is 0 Å². The number of rotatable bonds is 7. The quantitative estimate of drug-likeness (QED) is 0.688. The molecule has 2 unspecified atom stereocenters. The summed E-state index contributed by atoms with van der Waals surface area (Å²) in [6, 6.07) is 0. The first kappa shape index (κ1) is 22.2. The molecule has 5 nitrogen and oxygen atoms in total. The van der Waals surface area contributed by atoms with Crippen molar-refractivity contribution in [3.05, 3.63) is 0 Å². The van der Waals surface area contributed by atoms with Crippen LogP contribution in [0.1, 0.15) is 33.1 Å². The Morgan fingerprint density at radius 1 is 1.25 bits per heavy atom. The molecule has 0 bridgehead atoms. The van der Waals surface area contributed by atoms with E-state index in [4.69, 9.17) is 10.5 Å². The lowest BCUT2D eigenvalue weighted by Gasteiger charge is -2.35. The van der Waals surface area contributed by atoms with Crippen molar-refractivity contribution in [2.45, 2.75) is 45.3 Å². The third-order valence-corrected chi connectivity index (χ3v) is 3.09. The number of amides is 1. The topological polar surface area (TPSA) is 67.6 Å². The molecule has 1 rings (SSSR count). The van der Waals surface area contributed by atoms with Crippen molar-refractivity contribution in [1.29, 1.82) is 0 Å². The highest BCUT2D eigenvalue weighted by molar-refractivity contribution is 5.85. The van der Waals surface area contributed by atoms with Crippen molar-refractivity contribution >= 4 is 30.7 Å². The van der Waals surface area contributed by atoms with Gasteiger partial charge in [-0.2, -0.15) is 0 Å². The summed E-state index contributed by atoms with van der Waals surface area (Å²) in [6.45, 7) is 8.55. The van der Waals surface area contributed by atoms with Gasteiger partial charge in [0, 0.05) is 32.6 Å². The summed E-state index contributed by atoms with van der Waals surface area (Å²) in [5, 5.41) is 2.88. The molecule has 0 aliphatic carbocycles. The van der Waals surface area contributed by atoms with Crippen LogP contribution in [0.2, 0.25) is 0 Å². The number of carbonyl (C=O) groups excluding carboxylic acids is 1. The van der Waals surface area contributed by atoms with Gasteiger partial charge < -0.3 is 15.8 Å². The number of hydrogen-bond donors (Lipinski definition) is 2. The number of unbranched alkanes of at least 4 members (excludes halogenated alkanes) is 1. The van der Waals surface area contributed by atoms with Gasteiger partial charge in [-0.3, -0.25) is 9.69 Å². The molecular formula is C13H29Cl2N3O2. The lowest BCUT2D eigenvalue weighted by Crippen LogP contribution is -2.45. The van der Waals surface area contributed by atoms with E-state index in [1.54, 1.807) is 0 Å². The summed E-state index contributed by atoms with van der Waals surface area (Å²) in [5.74, 6) is 0.0612. The molecule has 1 aliphatic rings. The fourth-order valence-electron chi connectivity index (χ4n) is 2.37. The van der Waals surface area contributed by atoms with Crippen molar-refractivity contribution in [3.8, 4) is 0 Å². The van der Waals surface area contributed by atoms with E-state index < -0.39 is 0 Å². The maximum atomic E-state index is 11.2. The SMILES string of the molecule is CC1CN(CCCCNC(=O)CCN)CC(C)O1.Cl.Cl. The van der Waals surface area contributed by atoms with Crippen LogP contribution in [0.5, 0.6) is 0 Å². The number of halogens is 2. The van der Waals surface area contributed by atoms with Gasteiger partial charge in [-0.25, -0.2) is 0 Å². The second-order valence-electron chi connectivity index (χ2n) is 5.11. The number of nitrogens with one attached hydrogen (secondary N) is 1. The molecule has 0 aromatic rings. The highest BCUT2D eigenvalue weighted by Gasteiger charge is 2.21. The van der Waals surface area contributed by atoms with E-state index in [0.717, 1.165) is 39.0 Å². The summed E-state index contributed by atoms with van der Waals surface area (Å²) in [7, 11) is 0. The van der Waals surface area contributed by atoms with Gasteiger partial charge in [0.15, 0.2) is 0 Å². The highest BCUT2D eigenvalue weighted by atomic mass is 35.5. The first-order valence-corrected chi connectivity index (χ1v) is 6.96. The molecule has 0 aromatic heterocycles. The van der Waals surface area contributed by atoms with Crippen molar-refractivity contribution in [2.24, 2.45) is 5.73 Å². The molecule has 0 aromatic carbocycles. The molecule has 0 spiro atoms. The predicted molar refractivity (Wildman–Crippen MR) is 86.9 cm³/mol. The second-order valence-corrected chi connectivity index (χ2v) is 5.11. The largest absolute Gasteiger partial charge is 0.373 e. The third kappa shape index (κ3) is 9.77. The minimum Gasteiger partial charge on any atom is -0.373 e. The number of nitrogens with two attached hydrogens (primary N) is 1. The zero-order chi connectivity index (χ0) is 13.4. The van der Waals surface area contributed by atoms with Gasteiger partial charge >= 0.3 is 0 Å². The first-order chi connectivity index (χ1) is 8.61. The minimum atomic E-state index is 0. The maximum Gasteiger partial charge on any atom is 0.221 e. The standard InChI is InChI=1S/C13H27N3O2.2ClH/c1-11-9-16(10-12(2)18-11)8-4-3-7-15-13(17)5-6-14;;/h11-12H,3-10,14H2,1-2H3,(H,15,17);2*1H. The molecule has 122 valence electrons. The third-order valence-electron chi connectivity index (χ3n) is 3.09. The second kappa shape index (κ2) is 12.7. The van der Waals surface area contributed by atoms with Crippen LogP contribution in [0.4, 0.5) is 0 Å². The molecule has 0 saturated carbocycles. The average molecular weight is 330 g/mol. The van der Waals surface area contributed by atoms with Crippen molar-refractivity contribution < 1.29 is 9.53 Å².